The Morgan fingerprint density at radius 2 is 2.07 bits per heavy atom. The van der Waals surface area contributed by atoms with E-state index < -0.39 is 0 Å². The number of rotatable bonds is 1. The quantitative estimate of drug-likeness (QED) is 0.641. The van der Waals surface area contributed by atoms with Gasteiger partial charge in [-0.3, -0.25) is 4.90 Å². The van der Waals surface area contributed by atoms with Gasteiger partial charge in [0.1, 0.15) is 0 Å². The maximum absolute atomic E-state index is 9.08. The topological polar surface area (TPSA) is 27.0 Å². The third-order valence-corrected chi connectivity index (χ3v) is 2.80. The van der Waals surface area contributed by atoms with Gasteiger partial charge in [-0.2, -0.15) is 5.26 Å². The van der Waals surface area contributed by atoms with Crippen molar-refractivity contribution in [3.63, 3.8) is 0 Å². The summed E-state index contributed by atoms with van der Waals surface area (Å²) < 4.78 is 0. The summed E-state index contributed by atoms with van der Waals surface area (Å²) in [5.41, 5.74) is 0.301. The minimum Gasteiger partial charge on any atom is -0.288 e. The first-order valence-corrected chi connectivity index (χ1v) is 5.56. The lowest BCUT2D eigenvalue weighted by Crippen LogP contribution is -2.45. The number of hydrogen-bond donors (Lipinski definition) is 0. The lowest BCUT2D eigenvalue weighted by atomic mass is 9.89. The molecule has 1 rings (SSSR count). The fraction of sp³-hybridized carbons (Fsp3) is 0.917. The standard InChI is InChI=1S/C12H22N2/c1-10-5-6-14(9-12(2,3)4)11(7-10)8-13/h10-11H,5-7,9H2,1-4H3. The second-order valence-corrected chi connectivity index (χ2v) is 5.81. The summed E-state index contributed by atoms with van der Waals surface area (Å²) in [6.45, 7) is 11.1. The summed E-state index contributed by atoms with van der Waals surface area (Å²) in [6, 6.07) is 2.58. The van der Waals surface area contributed by atoms with Crippen molar-refractivity contribution in [3.8, 4) is 6.07 Å². The predicted molar refractivity (Wildman–Crippen MR) is 58.8 cm³/mol. The van der Waals surface area contributed by atoms with Crippen LogP contribution in [0.2, 0.25) is 0 Å². The van der Waals surface area contributed by atoms with Gasteiger partial charge in [0, 0.05) is 6.54 Å². The van der Waals surface area contributed by atoms with Crippen molar-refractivity contribution >= 4 is 0 Å². The van der Waals surface area contributed by atoms with Gasteiger partial charge in [0.05, 0.1) is 12.1 Å². The largest absolute Gasteiger partial charge is 0.288 e. The molecule has 2 nitrogen and oxygen atoms in total. The number of likely N-dealkylation sites (tertiary alicyclic amines) is 1. The number of nitrogens with zero attached hydrogens (tertiary/aromatic N) is 2. The summed E-state index contributed by atoms with van der Waals surface area (Å²) in [4.78, 5) is 2.35. The Hall–Kier alpha value is -0.550. The van der Waals surface area contributed by atoms with Gasteiger partial charge in [0.25, 0.3) is 0 Å². The summed E-state index contributed by atoms with van der Waals surface area (Å²) >= 11 is 0. The van der Waals surface area contributed by atoms with Crippen molar-refractivity contribution in [1.82, 2.24) is 4.90 Å². The van der Waals surface area contributed by atoms with E-state index in [0.717, 1.165) is 25.4 Å². The maximum Gasteiger partial charge on any atom is 0.0980 e. The first-order chi connectivity index (χ1) is 6.42. The van der Waals surface area contributed by atoms with Gasteiger partial charge in [-0.15, -0.1) is 0 Å². The van der Waals surface area contributed by atoms with E-state index in [-0.39, 0.29) is 6.04 Å². The minimum absolute atomic E-state index is 0.151. The lowest BCUT2D eigenvalue weighted by Gasteiger charge is -2.38. The highest BCUT2D eigenvalue weighted by Crippen LogP contribution is 2.25. The highest BCUT2D eigenvalue weighted by molar-refractivity contribution is 4.96. The zero-order chi connectivity index (χ0) is 10.8. The highest BCUT2D eigenvalue weighted by Gasteiger charge is 2.28. The molecule has 0 bridgehead atoms. The molecule has 0 amide bonds. The predicted octanol–water partition coefficient (Wildman–Crippen LogP) is 2.66. The van der Waals surface area contributed by atoms with Gasteiger partial charge in [-0.25, -0.2) is 0 Å². The first kappa shape index (κ1) is 11.5. The van der Waals surface area contributed by atoms with E-state index in [1.807, 2.05) is 0 Å². The molecule has 80 valence electrons. The van der Waals surface area contributed by atoms with Crippen molar-refractivity contribution in [2.45, 2.75) is 46.6 Å². The molecule has 0 saturated carbocycles. The van der Waals surface area contributed by atoms with E-state index in [4.69, 9.17) is 5.26 Å². The average Bonchev–Trinajstić information content (AvgIpc) is 2.06. The summed E-state index contributed by atoms with van der Waals surface area (Å²) in [5.74, 6) is 0.718. The molecule has 2 unspecified atom stereocenters. The van der Waals surface area contributed by atoms with Crippen LogP contribution in [0.1, 0.15) is 40.5 Å². The normalized spacial score (nSPS) is 29.9. The smallest absolute Gasteiger partial charge is 0.0980 e. The van der Waals surface area contributed by atoms with Gasteiger partial charge in [0.2, 0.25) is 0 Å². The van der Waals surface area contributed by atoms with E-state index in [1.165, 1.54) is 6.42 Å². The van der Waals surface area contributed by atoms with E-state index in [0.29, 0.717) is 5.41 Å². The van der Waals surface area contributed by atoms with Crippen LogP contribution in [0.4, 0.5) is 0 Å². The molecule has 1 fully saturated rings. The van der Waals surface area contributed by atoms with E-state index >= 15 is 0 Å². The van der Waals surface area contributed by atoms with Crippen LogP contribution in [0, 0.1) is 22.7 Å². The van der Waals surface area contributed by atoms with Gasteiger partial charge in [-0.1, -0.05) is 27.7 Å². The van der Waals surface area contributed by atoms with Crippen LogP contribution >= 0.6 is 0 Å². The maximum atomic E-state index is 9.08. The number of hydrogen-bond acceptors (Lipinski definition) is 2. The molecule has 14 heavy (non-hydrogen) atoms. The van der Waals surface area contributed by atoms with Crippen LogP contribution in [0.25, 0.3) is 0 Å². The van der Waals surface area contributed by atoms with Crippen LogP contribution in [-0.2, 0) is 0 Å². The highest BCUT2D eigenvalue weighted by atomic mass is 15.2. The van der Waals surface area contributed by atoms with Crippen molar-refractivity contribution < 1.29 is 0 Å². The van der Waals surface area contributed by atoms with Crippen molar-refractivity contribution in [2.75, 3.05) is 13.1 Å². The second-order valence-electron chi connectivity index (χ2n) is 5.81. The molecule has 0 aromatic heterocycles. The minimum atomic E-state index is 0.151. The molecular weight excluding hydrogens is 172 g/mol. The molecule has 2 heteroatoms. The van der Waals surface area contributed by atoms with Gasteiger partial charge < -0.3 is 0 Å². The number of piperidine rings is 1. The van der Waals surface area contributed by atoms with Crippen LogP contribution in [0.3, 0.4) is 0 Å². The monoisotopic (exact) mass is 194 g/mol. The Kier molecular flexibility index (Phi) is 3.55. The van der Waals surface area contributed by atoms with Gasteiger partial charge >= 0.3 is 0 Å². The van der Waals surface area contributed by atoms with Crippen LogP contribution in [0.5, 0.6) is 0 Å². The fourth-order valence-corrected chi connectivity index (χ4v) is 2.12. The second kappa shape index (κ2) is 4.31. The van der Waals surface area contributed by atoms with Crippen LogP contribution < -0.4 is 0 Å². The molecule has 0 N–H and O–H groups in total. The van der Waals surface area contributed by atoms with Gasteiger partial charge in [0.15, 0.2) is 0 Å². The molecule has 0 spiro atoms. The Labute approximate surface area is 87.9 Å². The SMILES string of the molecule is CC1CCN(CC(C)(C)C)C(C#N)C1. The summed E-state index contributed by atoms with van der Waals surface area (Å²) in [5, 5.41) is 9.08. The molecule has 0 aliphatic carbocycles. The van der Waals surface area contributed by atoms with E-state index in [1.54, 1.807) is 0 Å². The first-order valence-electron chi connectivity index (χ1n) is 5.56. The molecule has 1 heterocycles. The summed E-state index contributed by atoms with van der Waals surface area (Å²) in [6.07, 6.45) is 2.29. The van der Waals surface area contributed by atoms with Crippen LogP contribution in [0.15, 0.2) is 0 Å². The van der Waals surface area contributed by atoms with Crippen LogP contribution in [-0.4, -0.2) is 24.0 Å². The van der Waals surface area contributed by atoms with Gasteiger partial charge in [-0.05, 0) is 30.7 Å². The molecule has 0 radical (unpaired) electrons. The molecule has 0 aromatic carbocycles. The fourth-order valence-electron chi connectivity index (χ4n) is 2.12. The van der Waals surface area contributed by atoms with Crippen molar-refractivity contribution in [1.29, 1.82) is 5.26 Å². The summed E-state index contributed by atoms with van der Waals surface area (Å²) in [7, 11) is 0. The Morgan fingerprint density at radius 1 is 1.43 bits per heavy atom. The molecule has 2 atom stereocenters. The molecular formula is C12H22N2. The molecule has 1 aliphatic rings. The third kappa shape index (κ3) is 3.31. The zero-order valence-corrected chi connectivity index (χ0v) is 9.88. The molecule has 1 saturated heterocycles. The van der Waals surface area contributed by atoms with E-state index in [9.17, 15) is 0 Å². The van der Waals surface area contributed by atoms with Crippen molar-refractivity contribution in [2.24, 2.45) is 11.3 Å². The molecule has 1 aliphatic heterocycles. The van der Waals surface area contributed by atoms with E-state index in [2.05, 4.69) is 38.7 Å². The number of nitriles is 1. The average molecular weight is 194 g/mol. The zero-order valence-electron chi connectivity index (χ0n) is 9.88. The Balaban J connectivity index is 2.56. The Bertz CT molecular complexity index is 221. The van der Waals surface area contributed by atoms with Crippen molar-refractivity contribution in [3.05, 3.63) is 0 Å². The lowest BCUT2D eigenvalue weighted by molar-refractivity contribution is 0.109. The third-order valence-electron chi connectivity index (χ3n) is 2.80. The molecule has 0 aromatic rings. The Morgan fingerprint density at radius 3 is 2.57 bits per heavy atom.